The van der Waals surface area contributed by atoms with Gasteiger partial charge in [-0.25, -0.2) is 0 Å². The topological polar surface area (TPSA) is 199 Å². The Morgan fingerprint density at radius 1 is 1.04 bits per heavy atom. The van der Waals surface area contributed by atoms with Gasteiger partial charge in [-0.2, -0.15) is 0 Å². The van der Waals surface area contributed by atoms with Crippen LogP contribution in [-0.2, 0) is 21.7 Å². The van der Waals surface area contributed by atoms with Crippen molar-refractivity contribution >= 4 is 11.8 Å². The van der Waals surface area contributed by atoms with E-state index in [0.717, 1.165) is 53.0 Å². The molecule has 2 fully saturated rings. The quantitative estimate of drug-likeness (QED) is 0.0917. The third-order valence-corrected chi connectivity index (χ3v) is 10.1. The van der Waals surface area contributed by atoms with Crippen molar-refractivity contribution in [3.63, 3.8) is 0 Å². The van der Waals surface area contributed by atoms with E-state index in [-0.39, 0.29) is 17.9 Å². The van der Waals surface area contributed by atoms with Crippen molar-refractivity contribution in [3.05, 3.63) is 83.2 Å². The lowest BCUT2D eigenvalue weighted by molar-refractivity contribution is -0.142. The van der Waals surface area contributed by atoms with Crippen molar-refractivity contribution in [3.8, 4) is 16.9 Å². The summed E-state index contributed by atoms with van der Waals surface area (Å²) >= 11 is 0. The maximum Gasteiger partial charge on any atom is 0.237 e. The fraction of sp³-hybridized carbons (Fsp3) is 0.513. The molecule has 1 heterocycles. The molecular formula is C39H52N4O8. The average Bonchev–Trinajstić information content (AvgIpc) is 4.07. The summed E-state index contributed by atoms with van der Waals surface area (Å²) in [6, 6.07) is 16.8. The van der Waals surface area contributed by atoms with E-state index in [9.17, 15) is 30.0 Å². The zero-order chi connectivity index (χ0) is 36.7. The predicted molar refractivity (Wildman–Crippen MR) is 191 cm³/mol. The van der Waals surface area contributed by atoms with Crippen LogP contribution in [0.4, 0.5) is 0 Å². The van der Waals surface area contributed by atoms with Crippen molar-refractivity contribution in [2.24, 2.45) is 5.73 Å². The van der Waals surface area contributed by atoms with Crippen LogP contribution in [0.2, 0.25) is 0 Å². The Balaban J connectivity index is 1.19. The molecule has 3 aromatic rings. The molecule has 2 saturated carbocycles. The van der Waals surface area contributed by atoms with E-state index in [2.05, 4.69) is 54.5 Å². The van der Waals surface area contributed by atoms with Gasteiger partial charge in [0, 0.05) is 43.0 Å². The highest BCUT2D eigenvalue weighted by molar-refractivity contribution is 5.83. The molecule has 8 N–H and O–H groups in total. The number of hydrogen-bond donors (Lipinski definition) is 7. The number of rotatable bonds is 20. The maximum absolute atomic E-state index is 13.1. The van der Waals surface area contributed by atoms with Crippen LogP contribution in [0.3, 0.4) is 0 Å². The molecule has 0 bridgehead atoms. The number of primary amides is 1. The lowest BCUT2D eigenvalue weighted by atomic mass is 9.91. The summed E-state index contributed by atoms with van der Waals surface area (Å²) < 4.78 is 6.27. The first-order chi connectivity index (χ1) is 24.4. The highest BCUT2D eigenvalue weighted by Gasteiger charge is 2.46. The van der Waals surface area contributed by atoms with Crippen molar-refractivity contribution in [1.29, 1.82) is 0 Å². The number of carbonyl (C=O) groups excluding carboxylic acids is 2. The summed E-state index contributed by atoms with van der Waals surface area (Å²) in [7, 11) is 0. The molecule has 5 atom stereocenters. The van der Waals surface area contributed by atoms with Crippen LogP contribution in [0.1, 0.15) is 80.0 Å². The van der Waals surface area contributed by atoms with E-state index >= 15 is 0 Å². The number of nitrogens with one attached hydrogen (secondary N) is 1. The minimum Gasteiger partial charge on any atom is -0.490 e. The standard InChI is InChI=1S/C39H52N4O8/c1-24(6-5-9-36(48)43(22-35(40)47)21-32(45)37(49)38(50)33(46)23-44)26-11-10-25(2)27(18-26)19-42-39(15-16-39)31-20-41-17-14-29(31)30-7-3-4-8-34(30)51-28-12-13-28/h3-4,7-8,10-11,14,17-18,20,24,28,32-33,37-38,42,44-46,49-50H,5-6,9,12-13,15-16,19,21-23H2,1-2H3,(H2,40,47). The van der Waals surface area contributed by atoms with Gasteiger partial charge in [0.25, 0.3) is 0 Å². The molecule has 2 amide bonds. The highest BCUT2D eigenvalue weighted by Crippen LogP contribution is 2.50. The molecule has 5 rings (SSSR count). The number of aliphatic hydroxyl groups is 5. The summed E-state index contributed by atoms with van der Waals surface area (Å²) in [5.41, 5.74) is 12.1. The third kappa shape index (κ3) is 9.91. The molecular weight excluding hydrogens is 652 g/mol. The summed E-state index contributed by atoms with van der Waals surface area (Å²) in [5, 5.41) is 53.0. The van der Waals surface area contributed by atoms with E-state index in [1.165, 1.54) is 16.7 Å². The van der Waals surface area contributed by atoms with Crippen molar-refractivity contribution in [2.75, 3.05) is 19.7 Å². The first-order valence-electron chi connectivity index (χ1n) is 17.9. The van der Waals surface area contributed by atoms with E-state index in [1.54, 1.807) is 0 Å². The zero-order valence-electron chi connectivity index (χ0n) is 29.4. The van der Waals surface area contributed by atoms with Gasteiger partial charge in [0.1, 0.15) is 30.2 Å². The number of benzene rings is 2. The molecule has 276 valence electrons. The number of para-hydroxylation sites is 1. The van der Waals surface area contributed by atoms with Gasteiger partial charge >= 0.3 is 0 Å². The van der Waals surface area contributed by atoms with Crippen LogP contribution in [0.5, 0.6) is 5.75 Å². The summed E-state index contributed by atoms with van der Waals surface area (Å²) in [5.74, 6) is -0.193. The Morgan fingerprint density at radius 2 is 1.76 bits per heavy atom. The Bertz CT molecular complexity index is 1640. The number of ether oxygens (including phenoxy) is 1. The van der Waals surface area contributed by atoms with E-state index in [0.29, 0.717) is 25.5 Å². The van der Waals surface area contributed by atoms with E-state index in [4.69, 9.17) is 15.6 Å². The Labute approximate surface area is 299 Å². The molecule has 51 heavy (non-hydrogen) atoms. The fourth-order valence-electron chi connectivity index (χ4n) is 6.51. The van der Waals surface area contributed by atoms with Gasteiger partial charge in [0.2, 0.25) is 11.8 Å². The second-order valence-electron chi connectivity index (χ2n) is 14.2. The molecule has 2 aromatic carbocycles. The SMILES string of the molecule is Cc1ccc(C(C)CCCC(=O)N(CC(N)=O)CC(O)C(O)C(O)C(O)CO)cc1CNC1(c2cnccc2-c2ccccc2OC2CC2)CC1. The van der Waals surface area contributed by atoms with Crippen LogP contribution >= 0.6 is 0 Å². The minimum absolute atomic E-state index is 0.0767. The van der Waals surface area contributed by atoms with Gasteiger partial charge in [-0.3, -0.25) is 14.6 Å². The Kier molecular flexibility index (Phi) is 12.8. The van der Waals surface area contributed by atoms with E-state index < -0.39 is 55.9 Å². The number of amides is 2. The highest BCUT2D eigenvalue weighted by atomic mass is 16.5. The maximum atomic E-state index is 13.1. The number of pyridine rings is 1. The first-order valence-corrected chi connectivity index (χ1v) is 17.9. The summed E-state index contributed by atoms with van der Waals surface area (Å²) in [4.78, 5) is 30.3. The van der Waals surface area contributed by atoms with Gasteiger partial charge in [-0.05, 0) is 91.3 Å². The fourth-order valence-corrected chi connectivity index (χ4v) is 6.51. The van der Waals surface area contributed by atoms with Crippen LogP contribution < -0.4 is 15.8 Å². The molecule has 5 unspecified atom stereocenters. The minimum atomic E-state index is -1.86. The summed E-state index contributed by atoms with van der Waals surface area (Å²) in [6.45, 7) is 3.10. The predicted octanol–water partition coefficient (Wildman–Crippen LogP) is 2.40. The smallest absolute Gasteiger partial charge is 0.237 e. The Morgan fingerprint density at radius 3 is 2.45 bits per heavy atom. The first kappa shape index (κ1) is 38.3. The summed E-state index contributed by atoms with van der Waals surface area (Å²) in [6.07, 6.45) is 2.52. The number of aryl methyl sites for hydroxylation is 1. The molecule has 2 aliphatic carbocycles. The molecule has 12 heteroatoms. The van der Waals surface area contributed by atoms with Gasteiger partial charge < -0.3 is 46.2 Å². The number of hydrogen-bond acceptors (Lipinski definition) is 10. The molecule has 0 spiro atoms. The number of carbonyl (C=O) groups is 2. The third-order valence-electron chi connectivity index (χ3n) is 10.1. The molecule has 0 radical (unpaired) electrons. The van der Waals surface area contributed by atoms with Gasteiger partial charge in [0.05, 0.1) is 19.3 Å². The Hall–Kier alpha value is -3.91. The van der Waals surface area contributed by atoms with Crippen LogP contribution in [0.25, 0.3) is 11.1 Å². The van der Waals surface area contributed by atoms with Crippen molar-refractivity contribution < 1.29 is 39.9 Å². The average molecular weight is 705 g/mol. The van der Waals surface area contributed by atoms with Crippen LogP contribution in [0, 0.1) is 6.92 Å². The van der Waals surface area contributed by atoms with Gasteiger partial charge in [-0.1, -0.05) is 43.3 Å². The van der Waals surface area contributed by atoms with Crippen LogP contribution in [-0.4, -0.2) is 97.4 Å². The number of aliphatic hydroxyl groups excluding tert-OH is 5. The number of nitrogens with zero attached hydrogens (tertiary/aromatic N) is 2. The van der Waals surface area contributed by atoms with E-state index in [1.807, 2.05) is 30.6 Å². The van der Waals surface area contributed by atoms with Gasteiger partial charge in [0.15, 0.2) is 0 Å². The molecule has 0 saturated heterocycles. The van der Waals surface area contributed by atoms with Crippen molar-refractivity contribution in [1.82, 2.24) is 15.2 Å². The lowest BCUT2D eigenvalue weighted by Gasteiger charge is -2.30. The second kappa shape index (κ2) is 17.1. The van der Waals surface area contributed by atoms with Crippen LogP contribution in [0.15, 0.2) is 60.9 Å². The number of aromatic nitrogens is 1. The number of nitrogens with two attached hydrogens (primary N) is 1. The van der Waals surface area contributed by atoms with Gasteiger partial charge in [-0.15, -0.1) is 0 Å². The molecule has 12 nitrogen and oxygen atoms in total. The van der Waals surface area contributed by atoms with Crippen molar-refractivity contribution in [2.45, 2.75) is 107 Å². The molecule has 0 aliphatic heterocycles. The largest absolute Gasteiger partial charge is 0.490 e. The zero-order valence-corrected chi connectivity index (χ0v) is 29.4. The molecule has 1 aromatic heterocycles. The second-order valence-corrected chi connectivity index (χ2v) is 14.2. The lowest BCUT2D eigenvalue weighted by Crippen LogP contribution is -2.51. The molecule has 2 aliphatic rings. The monoisotopic (exact) mass is 704 g/mol. The normalized spacial score (nSPS) is 17.9.